The summed E-state index contributed by atoms with van der Waals surface area (Å²) in [4.78, 5) is 0. The Labute approximate surface area is 59.8 Å². The van der Waals surface area contributed by atoms with E-state index in [9.17, 15) is 5.11 Å². The maximum atomic E-state index is 9.52. The average Bonchev–Trinajstić information content (AvgIpc) is 2.32. The van der Waals surface area contributed by atoms with Crippen LogP contribution in [0.15, 0.2) is 0 Å². The fourth-order valence-corrected chi connectivity index (χ4v) is 1.18. The molecule has 0 aromatic carbocycles. The number of methoxy groups -OCH3 is 1. The molecule has 0 bridgehead atoms. The van der Waals surface area contributed by atoms with Crippen LogP contribution in [0.5, 0.6) is 0 Å². The van der Waals surface area contributed by atoms with Gasteiger partial charge in [0.25, 0.3) is 0 Å². The second-order valence-electron chi connectivity index (χ2n) is 2.62. The third kappa shape index (κ3) is 1.15. The van der Waals surface area contributed by atoms with Crippen molar-refractivity contribution in [3.63, 3.8) is 0 Å². The first-order valence-corrected chi connectivity index (χ1v) is 3.29. The molecule has 4 nitrogen and oxygen atoms in total. The summed E-state index contributed by atoms with van der Waals surface area (Å²) in [5, 5.41) is 21.2. The zero-order valence-corrected chi connectivity index (χ0v) is 6.00. The maximum Gasteiger partial charge on any atom is 0.127 e. The van der Waals surface area contributed by atoms with Crippen molar-refractivity contribution in [2.24, 2.45) is 0 Å². The van der Waals surface area contributed by atoms with Crippen LogP contribution in [0.2, 0.25) is 0 Å². The summed E-state index contributed by atoms with van der Waals surface area (Å²) in [7, 11) is 1.53. The second kappa shape index (κ2) is 2.84. The summed E-state index contributed by atoms with van der Waals surface area (Å²) in [5.74, 6) is 0. The number of aliphatic hydroxyl groups is 2. The summed E-state index contributed by atoms with van der Waals surface area (Å²) in [5.41, 5.74) is -1.07. The Hall–Kier alpha value is -0.160. The number of β-amino-alcohol motifs (C(OH)–C–C–N with tert-alkyl or cyclic N) is 1. The van der Waals surface area contributed by atoms with Crippen LogP contribution in [0.1, 0.15) is 0 Å². The van der Waals surface area contributed by atoms with Gasteiger partial charge < -0.3 is 20.3 Å². The summed E-state index contributed by atoms with van der Waals surface area (Å²) in [6.07, 6.45) is -0.280. The molecule has 2 atom stereocenters. The van der Waals surface area contributed by atoms with E-state index in [1.165, 1.54) is 7.11 Å². The number of nitrogens with one attached hydrogen (secondary N) is 1. The van der Waals surface area contributed by atoms with Crippen LogP contribution < -0.4 is 5.32 Å². The number of hydrogen-bond donors (Lipinski definition) is 3. The lowest BCUT2D eigenvalue weighted by Gasteiger charge is -2.24. The lowest BCUT2D eigenvalue weighted by Crippen LogP contribution is -2.46. The van der Waals surface area contributed by atoms with Crippen molar-refractivity contribution in [2.75, 3.05) is 26.8 Å². The molecule has 1 saturated heterocycles. The SMILES string of the molecule is CO[C@H]1CNC[C@@]1(O)CO. The fraction of sp³-hybridized carbons (Fsp3) is 1.00. The van der Waals surface area contributed by atoms with Gasteiger partial charge in [-0.25, -0.2) is 0 Å². The van der Waals surface area contributed by atoms with Gasteiger partial charge in [0.05, 0.1) is 6.61 Å². The molecule has 4 heteroatoms. The van der Waals surface area contributed by atoms with Crippen LogP contribution in [-0.4, -0.2) is 48.7 Å². The van der Waals surface area contributed by atoms with Crippen LogP contribution in [0, 0.1) is 0 Å². The third-order valence-electron chi connectivity index (χ3n) is 1.92. The largest absolute Gasteiger partial charge is 0.393 e. The molecule has 0 saturated carbocycles. The van der Waals surface area contributed by atoms with Gasteiger partial charge in [-0.15, -0.1) is 0 Å². The summed E-state index contributed by atoms with van der Waals surface area (Å²) >= 11 is 0. The standard InChI is InChI=1S/C6H13NO3/c1-10-5-2-7-3-6(5,9)4-8/h5,7-9H,2-4H2,1H3/t5-,6+/m0/s1. The van der Waals surface area contributed by atoms with Gasteiger partial charge in [0.15, 0.2) is 0 Å². The van der Waals surface area contributed by atoms with E-state index in [1.807, 2.05) is 0 Å². The van der Waals surface area contributed by atoms with E-state index in [1.54, 1.807) is 0 Å². The molecule has 0 spiro atoms. The molecule has 10 heavy (non-hydrogen) atoms. The first-order chi connectivity index (χ1) is 4.73. The number of rotatable bonds is 2. The predicted octanol–water partition coefficient (Wildman–Crippen LogP) is -1.67. The monoisotopic (exact) mass is 147 g/mol. The molecule has 0 unspecified atom stereocenters. The fourth-order valence-electron chi connectivity index (χ4n) is 1.18. The highest BCUT2D eigenvalue weighted by atomic mass is 16.5. The molecule has 3 N–H and O–H groups in total. The molecule has 0 radical (unpaired) electrons. The zero-order valence-electron chi connectivity index (χ0n) is 6.00. The van der Waals surface area contributed by atoms with Crippen molar-refractivity contribution in [3.05, 3.63) is 0 Å². The van der Waals surface area contributed by atoms with Crippen molar-refractivity contribution >= 4 is 0 Å². The molecule has 60 valence electrons. The van der Waals surface area contributed by atoms with E-state index in [0.717, 1.165) is 0 Å². The van der Waals surface area contributed by atoms with Crippen molar-refractivity contribution in [1.29, 1.82) is 0 Å². The average molecular weight is 147 g/mol. The van der Waals surface area contributed by atoms with Crippen LogP contribution in [0.4, 0.5) is 0 Å². The van der Waals surface area contributed by atoms with Gasteiger partial charge >= 0.3 is 0 Å². The van der Waals surface area contributed by atoms with Crippen LogP contribution in [0.25, 0.3) is 0 Å². The summed E-state index contributed by atoms with van der Waals surface area (Å²) in [6, 6.07) is 0. The number of ether oxygens (including phenoxy) is 1. The van der Waals surface area contributed by atoms with Crippen molar-refractivity contribution in [2.45, 2.75) is 11.7 Å². The molecule has 1 rings (SSSR count). The van der Waals surface area contributed by atoms with Crippen molar-refractivity contribution in [1.82, 2.24) is 5.32 Å². The quantitative estimate of drug-likeness (QED) is 0.437. The Balaban J connectivity index is 2.56. The number of aliphatic hydroxyl groups excluding tert-OH is 1. The molecular weight excluding hydrogens is 134 g/mol. The Bertz CT molecular complexity index is 120. The highest BCUT2D eigenvalue weighted by Gasteiger charge is 2.40. The van der Waals surface area contributed by atoms with E-state index in [-0.39, 0.29) is 12.7 Å². The van der Waals surface area contributed by atoms with Gasteiger partial charge in [-0.05, 0) is 0 Å². The van der Waals surface area contributed by atoms with Gasteiger partial charge in [-0.2, -0.15) is 0 Å². The predicted molar refractivity (Wildman–Crippen MR) is 35.7 cm³/mol. The normalized spacial score (nSPS) is 40.5. The van der Waals surface area contributed by atoms with Crippen LogP contribution in [-0.2, 0) is 4.74 Å². The summed E-state index contributed by atoms with van der Waals surface area (Å²) in [6.45, 7) is 0.758. The van der Waals surface area contributed by atoms with E-state index in [2.05, 4.69) is 5.32 Å². The van der Waals surface area contributed by atoms with E-state index in [4.69, 9.17) is 9.84 Å². The van der Waals surface area contributed by atoms with E-state index < -0.39 is 5.60 Å². The Kier molecular flexibility index (Phi) is 2.25. The maximum absolute atomic E-state index is 9.52. The smallest absolute Gasteiger partial charge is 0.127 e. The molecule has 0 aliphatic carbocycles. The van der Waals surface area contributed by atoms with Crippen molar-refractivity contribution in [3.8, 4) is 0 Å². The minimum absolute atomic E-state index is 0.251. The van der Waals surface area contributed by atoms with Gasteiger partial charge in [0, 0.05) is 20.2 Å². The van der Waals surface area contributed by atoms with Gasteiger partial charge in [0.1, 0.15) is 11.7 Å². The minimum atomic E-state index is -1.07. The lowest BCUT2D eigenvalue weighted by molar-refractivity contribution is -0.0886. The van der Waals surface area contributed by atoms with Crippen LogP contribution >= 0.6 is 0 Å². The highest BCUT2D eigenvalue weighted by molar-refractivity contribution is 4.96. The van der Waals surface area contributed by atoms with Crippen LogP contribution in [0.3, 0.4) is 0 Å². The third-order valence-corrected chi connectivity index (χ3v) is 1.92. The van der Waals surface area contributed by atoms with Gasteiger partial charge in [-0.3, -0.25) is 0 Å². The Morgan fingerprint density at radius 2 is 2.50 bits per heavy atom. The number of hydrogen-bond acceptors (Lipinski definition) is 4. The van der Waals surface area contributed by atoms with E-state index >= 15 is 0 Å². The molecule has 1 fully saturated rings. The molecule has 1 heterocycles. The highest BCUT2D eigenvalue weighted by Crippen LogP contribution is 2.16. The Morgan fingerprint density at radius 3 is 2.90 bits per heavy atom. The second-order valence-corrected chi connectivity index (χ2v) is 2.62. The zero-order chi connectivity index (χ0) is 7.61. The molecule has 1 aliphatic rings. The molecule has 0 aromatic heterocycles. The van der Waals surface area contributed by atoms with Gasteiger partial charge in [-0.1, -0.05) is 0 Å². The lowest BCUT2D eigenvalue weighted by atomic mass is 10.0. The minimum Gasteiger partial charge on any atom is -0.393 e. The first kappa shape index (κ1) is 7.94. The summed E-state index contributed by atoms with van der Waals surface area (Å²) < 4.78 is 4.95. The molecule has 1 aliphatic heterocycles. The van der Waals surface area contributed by atoms with Crippen molar-refractivity contribution < 1.29 is 14.9 Å². The Morgan fingerprint density at radius 1 is 1.80 bits per heavy atom. The molecule has 0 amide bonds. The topological polar surface area (TPSA) is 61.7 Å². The van der Waals surface area contributed by atoms with E-state index in [0.29, 0.717) is 13.1 Å². The molecule has 0 aromatic rings. The molecular formula is C6H13NO3. The first-order valence-electron chi connectivity index (χ1n) is 3.29. The van der Waals surface area contributed by atoms with Gasteiger partial charge in [0.2, 0.25) is 0 Å².